The zero-order chi connectivity index (χ0) is 13.1. The van der Waals surface area contributed by atoms with Crippen LogP contribution in [0.25, 0.3) is 0 Å². The predicted octanol–water partition coefficient (Wildman–Crippen LogP) is 2.14. The molecule has 1 aromatic rings. The fourth-order valence-corrected chi connectivity index (χ4v) is 2.15. The first-order chi connectivity index (χ1) is 8.65. The topological polar surface area (TPSA) is 39.7 Å². The summed E-state index contributed by atoms with van der Waals surface area (Å²) < 4.78 is 16.6. The lowest BCUT2D eigenvalue weighted by molar-refractivity contribution is -0.0517. The third kappa shape index (κ3) is 2.60. The molecule has 0 radical (unpaired) electrons. The SMILES string of the molecule is COc1ccc(C2CNC(C)C(C)O2)c(OC)c1. The first-order valence-electron chi connectivity index (χ1n) is 6.26. The summed E-state index contributed by atoms with van der Waals surface area (Å²) in [6.07, 6.45) is 0.215. The fraction of sp³-hybridized carbons (Fsp3) is 0.571. The van der Waals surface area contributed by atoms with Gasteiger partial charge in [0.25, 0.3) is 0 Å². The second-order valence-electron chi connectivity index (χ2n) is 4.63. The number of nitrogens with one attached hydrogen (secondary N) is 1. The van der Waals surface area contributed by atoms with Crippen molar-refractivity contribution >= 4 is 0 Å². The fourth-order valence-electron chi connectivity index (χ4n) is 2.15. The minimum Gasteiger partial charge on any atom is -0.497 e. The lowest BCUT2D eigenvalue weighted by Gasteiger charge is -2.34. The second-order valence-corrected chi connectivity index (χ2v) is 4.63. The zero-order valence-electron chi connectivity index (χ0n) is 11.4. The van der Waals surface area contributed by atoms with Gasteiger partial charge in [0.15, 0.2) is 0 Å². The van der Waals surface area contributed by atoms with Crippen LogP contribution in [0.4, 0.5) is 0 Å². The number of rotatable bonds is 3. The molecular formula is C14H21NO3. The lowest BCUT2D eigenvalue weighted by Crippen LogP contribution is -2.46. The molecule has 0 aromatic heterocycles. The summed E-state index contributed by atoms with van der Waals surface area (Å²) in [5.74, 6) is 1.60. The second kappa shape index (κ2) is 5.59. The molecular weight excluding hydrogens is 230 g/mol. The molecule has 1 aliphatic rings. The van der Waals surface area contributed by atoms with Gasteiger partial charge in [0.1, 0.15) is 11.5 Å². The van der Waals surface area contributed by atoms with Gasteiger partial charge in [0.2, 0.25) is 0 Å². The highest BCUT2D eigenvalue weighted by Crippen LogP contribution is 2.33. The molecule has 1 aromatic carbocycles. The Balaban J connectivity index is 2.22. The molecule has 0 saturated carbocycles. The van der Waals surface area contributed by atoms with Gasteiger partial charge in [-0.3, -0.25) is 0 Å². The van der Waals surface area contributed by atoms with Crippen LogP contribution in [0.1, 0.15) is 25.5 Å². The zero-order valence-corrected chi connectivity index (χ0v) is 11.4. The third-order valence-corrected chi connectivity index (χ3v) is 3.50. The van der Waals surface area contributed by atoms with Crippen LogP contribution in [0, 0.1) is 0 Å². The van der Waals surface area contributed by atoms with E-state index in [2.05, 4.69) is 19.2 Å². The first kappa shape index (κ1) is 13.2. The van der Waals surface area contributed by atoms with Crippen molar-refractivity contribution in [3.8, 4) is 11.5 Å². The van der Waals surface area contributed by atoms with Gasteiger partial charge >= 0.3 is 0 Å². The van der Waals surface area contributed by atoms with Crippen LogP contribution in [0.3, 0.4) is 0 Å². The summed E-state index contributed by atoms with van der Waals surface area (Å²) in [4.78, 5) is 0. The van der Waals surface area contributed by atoms with Gasteiger partial charge < -0.3 is 19.5 Å². The number of ether oxygens (including phenoxy) is 3. The van der Waals surface area contributed by atoms with Gasteiger partial charge in [0, 0.05) is 24.2 Å². The van der Waals surface area contributed by atoms with Gasteiger partial charge in [-0.2, -0.15) is 0 Å². The quantitative estimate of drug-likeness (QED) is 0.893. The molecule has 3 unspecified atom stereocenters. The van der Waals surface area contributed by atoms with Crippen LogP contribution in [0.15, 0.2) is 18.2 Å². The molecule has 2 rings (SSSR count). The van der Waals surface area contributed by atoms with Crippen molar-refractivity contribution in [2.45, 2.75) is 32.1 Å². The van der Waals surface area contributed by atoms with Crippen LogP contribution in [-0.2, 0) is 4.74 Å². The van der Waals surface area contributed by atoms with E-state index in [0.29, 0.717) is 6.04 Å². The van der Waals surface area contributed by atoms with Crippen LogP contribution in [0.2, 0.25) is 0 Å². The van der Waals surface area contributed by atoms with Crippen LogP contribution < -0.4 is 14.8 Å². The molecule has 1 fully saturated rings. The van der Waals surface area contributed by atoms with E-state index in [1.54, 1.807) is 14.2 Å². The van der Waals surface area contributed by atoms with Crippen molar-refractivity contribution in [3.05, 3.63) is 23.8 Å². The number of hydrogen-bond acceptors (Lipinski definition) is 4. The van der Waals surface area contributed by atoms with Crippen molar-refractivity contribution in [1.29, 1.82) is 0 Å². The largest absolute Gasteiger partial charge is 0.497 e. The van der Waals surface area contributed by atoms with Gasteiger partial charge in [-0.15, -0.1) is 0 Å². The molecule has 18 heavy (non-hydrogen) atoms. The van der Waals surface area contributed by atoms with Crippen molar-refractivity contribution in [2.75, 3.05) is 20.8 Å². The highest BCUT2D eigenvalue weighted by molar-refractivity contribution is 5.42. The van der Waals surface area contributed by atoms with Crippen LogP contribution in [-0.4, -0.2) is 32.9 Å². The smallest absolute Gasteiger partial charge is 0.128 e. The Morgan fingerprint density at radius 3 is 2.61 bits per heavy atom. The number of hydrogen-bond donors (Lipinski definition) is 1. The minimum absolute atomic E-state index is 0.0251. The Morgan fingerprint density at radius 1 is 1.22 bits per heavy atom. The van der Waals surface area contributed by atoms with Crippen molar-refractivity contribution < 1.29 is 14.2 Å². The molecule has 0 aliphatic carbocycles. The number of morpholine rings is 1. The maximum absolute atomic E-state index is 6.02. The molecule has 0 bridgehead atoms. The molecule has 100 valence electrons. The Morgan fingerprint density at radius 2 is 2.00 bits per heavy atom. The summed E-state index contributed by atoms with van der Waals surface area (Å²) >= 11 is 0. The van der Waals surface area contributed by atoms with Crippen molar-refractivity contribution in [1.82, 2.24) is 5.32 Å². The van der Waals surface area contributed by atoms with Gasteiger partial charge in [-0.1, -0.05) is 0 Å². The summed E-state index contributed by atoms with van der Waals surface area (Å²) in [5, 5.41) is 3.45. The Labute approximate surface area is 108 Å². The van der Waals surface area contributed by atoms with Crippen LogP contribution in [0.5, 0.6) is 11.5 Å². The van der Waals surface area contributed by atoms with E-state index in [1.165, 1.54) is 0 Å². The Hall–Kier alpha value is -1.26. The molecule has 1 aliphatic heterocycles. The van der Waals surface area contributed by atoms with Gasteiger partial charge in [0.05, 0.1) is 26.4 Å². The highest BCUT2D eigenvalue weighted by Gasteiger charge is 2.27. The maximum Gasteiger partial charge on any atom is 0.128 e. The Bertz CT molecular complexity index is 408. The number of methoxy groups -OCH3 is 2. The molecule has 1 heterocycles. The van der Waals surface area contributed by atoms with E-state index in [4.69, 9.17) is 14.2 Å². The van der Waals surface area contributed by atoms with Crippen molar-refractivity contribution in [3.63, 3.8) is 0 Å². The molecule has 0 spiro atoms. The van der Waals surface area contributed by atoms with E-state index in [0.717, 1.165) is 23.6 Å². The summed E-state index contributed by atoms with van der Waals surface area (Å²) in [6.45, 7) is 5.01. The maximum atomic E-state index is 6.02. The molecule has 0 amide bonds. The third-order valence-electron chi connectivity index (χ3n) is 3.50. The molecule has 4 nitrogen and oxygen atoms in total. The highest BCUT2D eigenvalue weighted by atomic mass is 16.5. The average molecular weight is 251 g/mol. The van der Waals surface area contributed by atoms with E-state index in [9.17, 15) is 0 Å². The first-order valence-corrected chi connectivity index (χ1v) is 6.26. The van der Waals surface area contributed by atoms with E-state index >= 15 is 0 Å². The molecule has 4 heteroatoms. The minimum atomic E-state index is 0.0251. The van der Waals surface area contributed by atoms with Gasteiger partial charge in [-0.05, 0) is 26.0 Å². The molecule has 1 N–H and O–H groups in total. The molecule has 3 atom stereocenters. The predicted molar refractivity (Wildman–Crippen MR) is 70.3 cm³/mol. The summed E-state index contributed by atoms with van der Waals surface area (Å²) in [6, 6.07) is 6.21. The summed E-state index contributed by atoms with van der Waals surface area (Å²) in [5.41, 5.74) is 1.06. The average Bonchev–Trinajstić information content (AvgIpc) is 2.41. The normalized spacial score (nSPS) is 27.9. The van der Waals surface area contributed by atoms with Crippen LogP contribution >= 0.6 is 0 Å². The van der Waals surface area contributed by atoms with E-state index in [1.807, 2.05) is 18.2 Å². The number of benzene rings is 1. The van der Waals surface area contributed by atoms with Gasteiger partial charge in [-0.25, -0.2) is 0 Å². The molecule has 1 saturated heterocycles. The monoisotopic (exact) mass is 251 g/mol. The Kier molecular flexibility index (Phi) is 4.09. The lowest BCUT2D eigenvalue weighted by atomic mass is 10.0. The van der Waals surface area contributed by atoms with E-state index in [-0.39, 0.29) is 12.2 Å². The summed E-state index contributed by atoms with van der Waals surface area (Å²) in [7, 11) is 3.32. The van der Waals surface area contributed by atoms with Crippen molar-refractivity contribution in [2.24, 2.45) is 0 Å². The standard InChI is InChI=1S/C14H21NO3/c1-9-10(2)18-14(8-15-9)12-6-5-11(16-3)7-13(12)17-4/h5-7,9-10,14-15H,8H2,1-4H3. The van der Waals surface area contributed by atoms with E-state index < -0.39 is 0 Å².